The van der Waals surface area contributed by atoms with Gasteiger partial charge in [0.15, 0.2) is 17.4 Å². The van der Waals surface area contributed by atoms with E-state index >= 15 is 0 Å². The lowest BCUT2D eigenvalue weighted by atomic mass is 10.3. The van der Waals surface area contributed by atoms with Gasteiger partial charge in [-0.05, 0) is 22.0 Å². The van der Waals surface area contributed by atoms with Crippen LogP contribution in [0.15, 0.2) is 10.5 Å². The summed E-state index contributed by atoms with van der Waals surface area (Å²) in [5, 5.41) is -0.187. The Hall–Kier alpha value is -0.350. The highest BCUT2D eigenvalue weighted by Gasteiger charge is 2.16. The van der Waals surface area contributed by atoms with Crippen LogP contribution < -0.4 is 4.74 Å². The molecule has 1 rings (SSSR count). The third-order valence-corrected chi connectivity index (χ3v) is 2.50. The van der Waals surface area contributed by atoms with E-state index in [2.05, 4.69) is 20.7 Å². The second-order valence-electron chi connectivity index (χ2n) is 2.00. The van der Waals surface area contributed by atoms with Crippen molar-refractivity contribution in [2.75, 3.05) is 7.11 Å². The standard InChI is InChI=1S/C7H4BrClF2O/c1-12-7-4(10)2-3(8)5(9)6(7)11/h2H,1H3. The molecule has 0 unspecified atom stereocenters. The van der Waals surface area contributed by atoms with Gasteiger partial charge >= 0.3 is 0 Å². The summed E-state index contributed by atoms with van der Waals surface area (Å²) in [5.41, 5.74) is 0. The van der Waals surface area contributed by atoms with Gasteiger partial charge in [-0.15, -0.1) is 0 Å². The predicted octanol–water partition coefficient (Wildman–Crippen LogP) is 3.39. The molecule has 1 nitrogen and oxygen atoms in total. The first-order chi connectivity index (χ1) is 5.57. The number of halogens is 4. The van der Waals surface area contributed by atoms with Crippen LogP contribution >= 0.6 is 27.5 Å². The van der Waals surface area contributed by atoms with Crippen molar-refractivity contribution < 1.29 is 13.5 Å². The highest BCUT2D eigenvalue weighted by Crippen LogP contribution is 2.33. The molecule has 0 aliphatic rings. The lowest BCUT2D eigenvalue weighted by Gasteiger charge is -2.05. The van der Waals surface area contributed by atoms with Crippen molar-refractivity contribution in [1.82, 2.24) is 0 Å². The fourth-order valence-electron chi connectivity index (χ4n) is 0.737. The molecule has 1 aromatic rings. The Balaban J connectivity index is 3.40. The second kappa shape index (κ2) is 3.58. The maximum absolute atomic E-state index is 13.0. The molecular weight excluding hydrogens is 253 g/mol. The van der Waals surface area contributed by atoms with Gasteiger partial charge in [0.25, 0.3) is 0 Å². The molecule has 12 heavy (non-hydrogen) atoms. The highest BCUT2D eigenvalue weighted by molar-refractivity contribution is 9.10. The molecule has 0 atom stereocenters. The SMILES string of the molecule is COc1c(F)cc(Br)c(Cl)c1F. The molecule has 0 aliphatic heterocycles. The fourth-order valence-corrected chi connectivity index (χ4v) is 1.25. The van der Waals surface area contributed by atoms with Crippen molar-refractivity contribution in [2.24, 2.45) is 0 Å². The zero-order valence-corrected chi connectivity index (χ0v) is 8.34. The number of methoxy groups -OCH3 is 1. The second-order valence-corrected chi connectivity index (χ2v) is 3.23. The molecule has 0 N–H and O–H groups in total. The van der Waals surface area contributed by atoms with Crippen molar-refractivity contribution in [3.05, 3.63) is 27.2 Å². The van der Waals surface area contributed by atoms with Crippen molar-refractivity contribution >= 4 is 27.5 Å². The van der Waals surface area contributed by atoms with Crippen LogP contribution in [-0.4, -0.2) is 7.11 Å². The molecule has 0 heterocycles. The van der Waals surface area contributed by atoms with Crippen LogP contribution in [0.4, 0.5) is 8.78 Å². The summed E-state index contributed by atoms with van der Waals surface area (Å²) < 4.78 is 30.5. The molecule has 0 saturated carbocycles. The lowest BCUT2D eigenvalue weighted by Crippen LogP contribution is -1.93. The van der Waals surface area contributed by atoms with Gasteiger partial charge in [0, 0.05) is 4.47 Å². The maximum Gasteiger partial charge on any atom is 0.192 e. The van der Waals surface area contributed by atoms with Crippen LogP contribution in [0.1, 0.15) is 0 Å². The normalized spacial score (nSPS) is 10.1. The van der Waals surface area contributed by atoms with E-state index in [1.807, 2.05) is 0 Å². The van der Waals surface area contributed by atoms with Gasteiger partial charge in [0.05, 0.1) is 12.1 Å². The van der Waals surface area contributed by atoms with E-state index in [4.69, 9.17) is 11.6 Å². The van der Waals surface area contributed by atoms with E-state index in [-0.39, 0.29) is 9.50 Å². The molecule has 0 bridgehead atoms. The first-order valence-electron chi connectivity index (χ1n) is 2.95. The molecule has 0 aliphatic carbocycles. The summed E-state index contributed by atoms with van der Waals surface area (Å²) in [5.74, 6) is -2.15. The summed E-state index contributed by atoms with van der Waals surface area (Å²) in [7, 11) is 1.17. The number of hydrogen-bond acceptors (Lipinski definition) is 1. The van der Waals surface area contributed by atoms with Gasteiger partial charge in [-0.2, -0.15) is 0 Å². The maximum atomic E-state index is 13.0. The molecule has 0 amide bonds. The first-order valence-corrected chi connectivity index (χ1v) is 4.12. The molecule has 1 aromatic carbocycles. The molecule has 5 heteroatoms. The molecule has 0 radical (unpaired) electrons. The van der Waals surface area contributed by atoms with E-state index in [0.717, 1.165) is 6.07 Å². The highest BCUT2D eigenvalue weighted by atomic mass is 79.9. The van der Waals surface area contributed by atoms with Crippen LogP contribution in [0.5, 0.6) is 5.75 Å². The van der Waals surface area contributed by atoms with E-state index in [0.29, 0.717) is 0 Å². The zero-order valence-electron chi connectivity index (χ0n) is 6.00. The number of rotatable bonds is 1. The van der Waals surface area contributed by atoms with Crippen LogP contribution in [0.3, 0.4) is 0 Å². The first kappa shape index (κ1) is 9.74. The van der Waals surface area contributed by atoms with Gasteiger partial charge < -0.3 is 4.74 Å². The van der Waals surface area contributed by atoms with Crippen LogP contribution in [-0.2, 0) is 0 Å². The van der Waals surface area contributed by atoms with Crippen molar-refractivity contribution in [3.8, 4) is 5.75 Å². The largest absolute Gasteiger partial charge is 0.491 e. The molecule has 0 aromatic heterocycles. The van der Waals surface area contributed by atoms with E-state index in [1.165, 1.54) is 7.11 Å². The van der Waals surface area contributed by atoms with Crippen LogP contribution in [0.25, 0.3) is 0 Å². The average Bonchev–Trinajstić information content (AvgIpc) is 2.01. The van der Waals surface area contributed by atoms with E-state index in [9.17, 15) is 8.78 Å². The van der Waals surface area contributed by atoms with Crippen molar-refractivity contribution in [3.63, 3.8) is 0 Å². The minimum atomic E-state index is -0.897. The van der Waals surface area contributed by atoms with Gasteiger partial charge in [-0.3, -0.25) is 0 Å². The third kappa shape index (κ3) is 1.54. The van der Waals surface area contributed by atoms with Crippen LogP contribution in [0, 0.1) is 11.6 Å². The fraction of sp³-hybridized carbons (Fsp3) is 0.143. The van der Waals surface area contributed by atoms with Gasteiger partial charge in [-0.25, -0.2) is 8.78 Å². The Kier molecular flexibility index (Phi) is 2.90. The number of hydrogen-bond donors (Lipinski definition) is 0. The summed E-state index contributed by atoms with van der Waals surface area (Å²) >= 11 is 8.36. The van der Waals surface area contributed by atoms with Gasteiger partial charge in [0.2, 0.25) is 0 Å². The third-order valence-electron chi connectivity index (χ3n) is 1.28. The Morgan fingerprint density at radius 3 is 2.58 bits per heavy atom. The quantitative estimate of drug-likeness (QED) is 0.553. The summed E-state index contributed by atoms with van der Waals surface area (Å²) in [6.45, 7) is 0. The van der Waals surface area contributed by atoms with Crippen molar-refractivity contribution in [2.45, 2.75) is 0 Å². The monoisotopic (exact) mass is 256 g/mol. The van der Waals surface area contributed by atoms with Crippen molar-refractivity contribution in [1.29, 1.82) is 0 Å². The summed E-state index contributed by atoms with van der Waals surface area (Å²) in [6.07, 6.45) is 0. The number of ether oxygens (including phenoxy) is 1. The average molecular weight is 257 g/mol. The minimum Gasteiger partial charge on any atom is -0.491 e. The topological polar surface area (TPSA) is 9.23 Å². The summed E-state index contributed by atoms with van der Waals surface area (Å²) in [4.78, 5) is 0. The van der Waals surface area contributed by atoms with E-state index < -0.39 is 17.4 Å². The molecular formula is C7H4BrClF2O. The smallest absolute Gasteiger partial charge is 0.192 e. The Bertz CT molecular complexity index is 317. The minimum absolute atomic E-state index is 0.167. The van der Waals surface area contributed by atoms with E-state index in [1.54, 1.807) is 0 Å². The molecule has 0 fully saturated rings. The Labute approximate surface area is 81.4 Å². The van der Waals surface area contributed by atoms with Gasteiger partial charge in [-0.1, -0.05) is 11.6 Å². The Morgan fingerprint density at radius 2 is 2.08 bits per heavy atom. The van der Waals surface area contributed by atoms with Gasteiger partial charge in [0.1, 0.15) is 0 Å². The predicted molar refractivity (Wildman–Crippen MR) is 45.6 cm³/mol. The van der Waals surface area contributed by atoms with Crippen LogP contribution in [0.2, 0.25) is 5.02 Å². The molecule has 0 saturated heterocycles. The number of benzene rings is 1. The molecule has 0 spiro atoms. The molecule has 66 valence electrons. The Morgan fingerprint density at radius 1 is 1.50 bits per heavy atom. The zero-order chi connectivity index (χ0) is 9.30. The lowest BCUT2D eigenvalue weighted by molar-refractivity contribution is 0.359. The summed E-state index contributed by atoms with van der Waals surface area (Å²) in [6, 6.07) is 1.05.